The average Bonchev–Trinajstić information content (AvgIpc) is 2.74. The molecule has 0 unspecified atom stereocenters. The number of para-hydroxylation sites is 1. The molecular formula is C23H30N4O2. The molecule has 0 radical (unpaired) electrons. The van der Waals surface area contributed by atoms with Gasteiger partial charge in [0.05, 0.1) is 7.11 Å². The number of hydrogen-bond donors (Lipinski definition) is 1. The minimum atomic E-state index is -0.121. The Balaban J connectivity index is 1.68. The van der Waals surface area contributed by atoms with Gasteiger partial charge in [0.25, 0.3) is 0 Å². The second-order valence-corrected chi connectivity index (χ2v) is 7.35. The van der Waals surface area contributed by atoms with Crippen LogP contribution in [0.1, 0.15) is 30.7 Å². The topological polar surface area (TPSA) is 57.7 Å². The highest BCUT2D eigenvalue weighted by molar-refractivity contribution is 5.91. The normalized spacial score (nSPS) is 13.9. The largest absolute Gasteiger partial charge is 0.480 e. The molecule has 0 atom stereocenters. The summed E-state index contributed by atoms with van der Waals surface area (Å²) in [6.45, 7) is 13.0. The predicted octanol–water partition coefficient (Wildman–Crippen LogP) is 4.35. The van der Waals surface area contributed by atoms with Crippen molar-refractivity contribution in [3.63, 3.8) is 0 Å². The molecular weight excluding hydrogens is 364 g/mol. The summed E-state index contributed by atoms with van der Waals surface area (Å²) in [7, 11) is 1.57. The van der Waals surface area contributed by atoms with Gasteiger partial charge in [-0.3, -0.25) is 0 Å². The number of aryl methyl sites for hydroxylation is 2. The van der Waals surface area contributed by atoms with Gasteiger partial charge in [-0.05, 0) is 43.5 Å². The third-order valence-corrected chi connectivity index (χ3v) is 5.37. The summed E-state index contributed by atoms with van der Waals surface area (Å²) in [6, 6.07) is 10.1. The van der Waals surface area contributed by atoms with Crippen molar-refractivity contribution in [1.82, 2.24) is 9.88 Å². The first-order valence-corrected chi connectivity index (χ1v) is 10.0. The van der Waals surface area contributed by atoms with E-state index in [-0.39, 0.29) is 6.03 Å². The first-order valence-electron chi connectivity index (χ1n) is 10.0. The Bertz CT molecular complexity index is 902. The van der Waals surface area contributed by atoms with E-state index in [9.17, 15) is 4.79 Å². The van der Waals surface area contributed by atoms with Gasteiger partial charge in [0.2, 0.25) is 5.88 Å². The number of anilines is 2. The maximum Gasteiger partial charge on any atom is 0.322 e. The van der Waals surface area contributed by atoms with Crippen LogP contribution in [0.15, 0.2) is 36.9 Å². The van der Waals surface area contributed by atoms with Crippen molar-refractivity contribution in [3.05, 3.63) is 53.7 Å². The number of pyridine rings is 1. The quantitative estimate of drug-likeness (QED) is 0.819. The Morgan fingerprint density at radius 1 is 1.24 bits per heavy atom. The van der Waals surface area contributed by atoms with Crippen LogP contribution in [-0.4, -0.2) is 49.2 Å². The van der Waals surface area contributed by atoms with Gasteiger partial charge in [0, 0.05) is 43.1 Å². The van der Waals surface area contributed by atoms with Gasteiger partial charge in [0.15, 0.2) is 0 Å². The van der Waals surface area contributed by atoms with E-state index in [0.717, 1.165) is 41.9 Å². The van der Waals surface area contributed by atoms with Crippen LogP contribution in [0.5, 0.6) is 5.88 Å². The molecule has 6 nitrogen and oxygen atoms in total. The summed E-state index contributed by atoms with van der Waals surface area (Å²) in [5.74, 6) is 0.446. The molecule has 1 aliphatic heterocycles. The Morgan fingerprint density at radius 2 is 1.93 bits per heavy atom. The smallest absolute Gasteiger partial charge is 0.322 e. The Kier molecular flexibility index (Phi) is 6.42. The third-order valence-electron chi connectivity index (χ3n) is 5.37. The number of nitrogens with zero attached hydrogens (tertiary/aromatic N) is 3. The summed E-state index contributed by atoms with van der Waals surface area (Å²) in [5.41, 5.74) is 6.03. The van der Waals surface area contributed by atoms with Crippen LogP contribution in [-0.2, 0) is 6.42 Å². The fourth-order valence-electron chi connectivity index (χ4n) is 3.68. The number of carbonyl (C=O) groups excluding carboxylic acids is 1. The van der Waals surface area contributed by atoms with Crippen molar-refractivity contribution in [2.45, 2.75) is 27.2 Å². The van der Waals surface area contributed by atoms with Gasteiger partial charge in [-0.1, -0.05) is 31.7 Å². The van der Waals surface area contributed by atoms with E-state index < -0.39 is 0 Å². The first kappa shape index (κ1) is 20.7. The van der Waals surface area contributed by atoms with Crippen molar-refractivity contribution in [3.8, 4) is 5.88 Å². The molecule has 1 aliphatic rings. The molecule has 0 saturated carbocycles. The standard InChI is InChI=1S/C23H30N4O2/c1-6-18-15-20(22(29-5)24-17(18)4)25-23(28)27-13-11-26(12-14-27)21-10-8-7-9-19(21)16(2)3/h7-10,15H,2,6,11-14H2,1,3-5H3,(H,25,28). The molecule has 29 heavy (non-hydrogen) atoms. The Morgan fingerprint density at radius 3 is 2.55 bits per heavy atom. The lowest BCUT2D eigenvalue weighted by Crippen LogP contribution is -2.50. The number of piperazine rings is 1. The summed E-state index contributed by atoms with van der Waals surface area (Å²) < 4.78 is 5.36. The van der Waals surface area contributed by atoms with Gasteiger partial charge < -0.3 is 19.9 Å². The third kappa shape index (κ3) is 4.53. The lowest BCUT2D eigenvalue weighted by atomic mass is 10.1. The maximum atomic E-state index is 12.8. The highest BCUT2D eigenvalue weighted by Crippen LogP contribution is 2.28. The highest BCUT2D eigenvalue weighted by Gasteiger charge is 2.23. The van der Waals surface area contributed by atoms with Crippen molar-refractivity contribution in [2.75, 3.05) is 43.5 Å². The molecule has 6 heteroatoms. The minimum absolute atomic E-state index is 0.121. The number of hydrogen-bond acceptors (Lipinski definition) is 4. The molecule has 0 spiro atoms. The number of ether oxygens (including phenoxy) is 1. The SMILES string of the molecule is C=C(C)c1ccccc1N1CCN(C(=O)Nc2cc(CC)c(C)nc2OC)CC1. The van der Waals surface area contributed by atoms with Gasteiger partial charge in [-0.25, -0.2) is 9.78 Å². The molecule has 154 valence electrons. The van der Waals surface area contributed by atoms with Crippen LogP contribution in [0.25, 0.3) is 5.57 Å². The number of benzene rings is 1. The van der Waals surface area contributed by atoms with Crippen molar-refractivity contribution in [1.29, 1.82) is 0 Å². The fourth-order valence-corrected chi connectivity index (χ4v) is 3.68. The van der Waals surface area contributed by atoms with Gasteiger partial charge in [-0.2, -0.15) is 0 Å². The van der Waals surface area contributed by atoms with E-state index in [4.69, 9.17) is 4.74 Å². The summed E-state index contributed by atoms with van der Waals surface area (Å²) in [6.07, 6.45) is 0.854. The molecule has 1 saturated heterocycles. The number of methoxy groups -OCH3 is 1. The number of amides is 2. The summed E-state index contributed by atoms with van der Waals surface area (Å²) in [4.78, 5) is 21.5. The monoisotopic (exact) mass is 394 g/mol. The molecule has 1 aromatic carbocycles. The average molecular weight is 395 g/mol. The number of carbonyl (C=O) groups is 1. The molecule has 2 aromatic rings. The number of aromatic nitrogens is 1. The van der Waals surface area contributed by atoms with Crippen molar-refractivity contribution >= 4 is 23.0 Å². The molecule has 1 N–H and O–H groups in total. The molecule has 1 fully saturated rings. The predicted molar refractivity (Wildman–Crippen MR) is 119 cm³/mol. The van der Waals surface area contributed by atoms with E-state index in [1.807, 2.05) is 36.9 Å². The second-order valence-electron chi connectivity index (χ2n) is 7.35. The molecule has 3 rings (SSSR count). The second kappa shape index (κ2) is 8.99. The number of nitrogens with one attached hydrogen (secondary N) is 1. The Labute approximate surface area is 173 Å². The van der Waals surface area contributed by atoms with Gasteiger partial charge >= 0.3 is 6.03 Å². The van der Waals surface area contributed by atoms with E-state index >= 15 is 0 Å². The maximum absolute atomic E-state index is 12.8. The zero-order valence-corrected chi connectivity index (χ0v) is 17.8. The summed E-state index contributed by atoms with van der Waals surface area (Å²) >= 11 is 0. The molecule has 0 bridgehead atoms. The van der Waals surface area contributed by atoms with Crippen LogP contribution in [0.4, 0.5) is 16.2 Å². The van der Waals surface area contributed by atoms with Crippen LogP contribution >= 0.6 is 0 Å². The van der Waals surface area contributed by atoms with E-state index in [1.165, 1.54) is 5.69 Å². The number of allylic oxidation sites excluding steroid dienone is 1. The molecule has 2 amide bonds. The molecule has 2 heterocycles. The van der Waals surface area contributed by atoms with Crippen LogP contribution in [0.2, 0.25) is 0 Å². The lowest BCUT2D eigenvalue weighted by Gasteiger charge is -2.37. The lowest BCUT2D eigenvalue weighted by molar-refractivity contribution is 0.208. The van der Waals surface area contributed by atoms with Crippen molar-refractivity contribution < 1.29 is 9.53 Å². The van der Waals surface area contributed by atoms with E-state index in [2.05, 4.69) is 40.8 Å². The van der Waals surface area contributed by atoms with Crippen molar-refractivity contribution in [2.24, 2.45) is 0 Å². The van der Waals surface area contributed by atoms with E-state index in [0.29, 0.717) is 24.7 Å². The minimum Gasteiger partial charge on any atom is -0.480 e. The zero-order valence-electron chi connectivity index (χ0n) is 17.8. The van der Waals surface area contributed by atoms with Crippen LogP contribution in [0.3, 0.4) is 0 Å². The van der Waals surface area contributed by atoms with E-state index in [1.54, 1.807) is 7.11 Å². The Hall–Kier alpha value is -3.02. The van der Waals surface area contributed by atoms with Crippen LogP contribution < -0.4 is 15.0 Å². The highest BCUT2D eigenvalue weighted by atomic mass is 16.5. The van der Waals surface area contributed by atoms with Crippen LogP contribution in [0, 0.1) is 6.92 Å². The number of urea groups is 1. The molecule has 0 aliphatic carbocycles. The summed E-state index contributed by atoms with van der Waals surface area (Å²) in [5, 5.41) is 2.98. The van der Waals surface area contributed by atoms with Gasteiger partial charge in [-0.15, -0.1) is 0 Å². The molecule has 1 aromatic heterocycles. The zero-order chi connectivity index (χ0) is 21.0. The fraction of sp³-hybridized carbons (Fsp3) is 0.391. The first-order chi connectivity index (χ1) is 13.9. The number of rotatable bonds is 5. The van der Waals surface area contributed by atoms with Gasteiger partial charge in [0.1, 0.15) is 5.69 Å².